The number of anilines is 1. The van der Waals surface area contributed by atoms with E-state index in [1.807, 2.05) is 36.4 Å². The maximum absolute atomic E-state index is 13.7. The molecule has 1 heterocycles. The second kappa shape index (κ2) is 9.54. The van der Waals surface area contributed by atoms with E-state index < -0.39 is 10.0 Å². The van der Waals surface area contributed by atoms with Gasteiger partial charge in [-0.15, -0.1) is 0 Å². The van der Waals surface area contributed by atoms with Crippen LogP contribution in [0.25, 0.3) is 0 Å². The van der Waals surface area contributed by atoms with Crippen LogP contribution in [0.5, 0.6) is 5.75 Å². The summed E-state index contributed by atoms with van der Waals surface area (Å²) in [6, 6.07) is 26.4. The summed E-state index contributed by atoms with van der Waals surface area (Å²) in [4.78, 5) is 2.65. The van der Waals surface area contributed by atoms with Gasteiger partial charge in [0.2, 0.25) is 0 Å². The van der Waals surface area contributed by atoms with Gasteiger partial charge in [-0.25, -0.2) is 8.42 Å². The average molecular weight is 437 g/mol. The molecule has 1 fully saturated rings. The number of likely N-dealkylation sites (tertiary alicyclic amines) is 1. The molecule has 0 bridgehead atoms. The number of benzene rings is 3. The van der Waals surface area contributed by atoms with Gasteiger partial charge < -0.3 is 4.74 Å². The number of ether oxygens (including phenoxy) is 1. The van der Waals surface area contributed by atoms with Gasteiger partial charge in [0.05, 0.1) is 17.7 Å². The summed E-state index contributed by atoms with van der Waals surface area (Å²) >= 11 is 0. The molecular weight excluding hydrogens is 408 g/mol. The van der Waals surface area contributed by atoms with Crippen LogP contribution in [0.1, 0.15) is 18.4 Å². The molecule has 0 saturated carbocycles. The molecule has 1 aliphatic heterocycles. The number of hydrogen-bond donors (Lipinski definition) is 0. The zero-order valence-electron chi connectivity index (χ0n) is 17.7. The third-order valence-corrected chi connectivity index (χ3v) is 7.62. The van der Waals surface area contributed by atoms with Crippen molar-refractivity contribution >= 4 is 15.7 Å². The molecule has 0 aliphatic carbocycles. The number of piperidine rings is 1. The highest BCUT2D eigenvalue weighted by molar-refractivity contribution is 7.92. The minimum atomic E-state index is -3.73. The average Bonchev–Trinajstić information content (AvgIpc) is 2.82. The summed E-state index contributed by atoms with van der Waals surface area (Å²) < 4.78 is 34.3. The summed E-state index contributed by atoms with van der Waals surface area (Å²) in [5, 5.41) is 0. The van der Waals surface area contributed by atoms with Crippen molar-refractivity contribution in [3.05, 3.63) is 90.5 Å². The second-order valence-corrected chi connectivity index (χ2v) is 9.62. The van der Waals surface area contributed by atoms with Gasteiger partial charge in [-0.3, -0.25) is 9.21 Å². The van der Waals surface area contributed by atoms with E-state index in [4.69, 9.17) is 4.74 Å². The smallest absolute Gasteiger partial charge is 0.264 e. The maximum Gasteiger partial charge on any atom is 0.264 e. The molecule has 0 unspecified atom stereocenters. The van der Waals surface area contributed by atoms with E-state index in [2.05, 4.69) is 29.2 Å². The van der Waals surface area contributed by atoms with Crippen LogP contribution in [0.3, 0.4) is 0 Å². The summed E-state index contributed by atoms with van der Waals surface area (Å²) in [6.45, 7) is 2.61. The van der Waals surface area contributed by atoms with E-state index in [1.165, 1.54) is 5.56 Å². The Balaban J connectivity index is 1.58. The summed E-state index contributed by atoms with van der Waals surface area (Å²) in [5.41, 5.74) is 1.98. The third-order valence-electron chi connectivity index (χ3n) is 5.75. The Morgan fingerprint density at radius 3 is 2.19 bits per heavy atom. The first-order valence-electron chi connectivity index (χ1n) is 10.6. The summed E-state index contributed by atoms with van der Waals surface area (Å²) in [5.74, 6) is 0.534. The first-order valence-corrected chi connectivity index (χ1v) is 12.0. The Labute approximate surface area is 184 Å². The van der Waals surface area contributed by atoms with Gasteiger partial charge in [-0.1, -0.05) is 54.6 Å². The predicted molar refractivity (Wildman–Crippen MR) is 124 cm³/mol. The molecule has 31 heavy (non-hydrogen) atoms. The fraction of sp³-hybridized carbons (Fsp3) is 0.280. The normalized spacial score (nSPS) is 15.5. The van der Waals surface area contributed by atoms with Gasteiger partial charge in [0.25, 0.3) is 10.0 Å². The number of para-hydroxylation sites is 1. The van der Waals surface area contributed by atoms with Gasteiger partial charge >= 0.3 is 0 Å². The van der Waals surface area contributed by atoms with Gasteiger partial charge in [-0.2, -0.15) is 0 Å². The van der Waals surface area contributed by atoms with Crippen LogP contribution in [-0.4, -0.2) is 39.6 Å². The minimum absolute atomic E-state index is 0.0920. The van der Waals surface area contributed by atoms with Crippen LogP contribution in [0.4, 0.5) is 5.69 Å². The van der Waals surface area contributed by atoms with Crippen molar-refractivity contribution in [3.8, 4) is 5.75 Å². The minimum Gasteiger partial charge on any atom is -0.497 e. The van der Waals surface area contributed by atoms with Gasteiger partial charge in [0, 0.05) is 31.7 Å². The van der Waals surface area contributed by atoms with E-state index in [1.54, 1.807) is 35.7 Å². The zero-order chi connectivity index (χ0) is 21.7. The molecule has 4 rings (SSSR count). The SMILES string of the molecule is COc1cccc(S(=O)(=O)N(c2ccccc2)C2CCN(Cc3ccccc3)CC2)c1. The molecule has 1 saturated heterocycles. The second-order valence-electron chi connectivity index (χ2n) is 7.81. The fourth-order valence-electron chi connectivity index (χ4n) is 4.15. The van der Waals surface area contributed by atoms with Crippen LogP contribution < -0.4 is 9.04 Å². The lowest BCUT2D eigenvalue weighted by atomic mass is 10.0. The molecule has 0 atom stereocenters. The van der Waals surface area contributed by atoms with Crippen LogP contribution in [0, 0.1) is 0 Å². The molecule has 162 valence electrons. The van der Waals surface area contributed by atoms with Crippen molar-refractivity contribution in [2.24, 2.45) is 0 Å². The third kappa shape index (κ3) is 4.92. The molecule has 0 N–H and O–H groups in total. The van der Waals surface area contributed by atoms with Crippen LogP contribution in [-0.2, 0) is 16.6 Å². The number of nitrogens with zero attached hydrogens (tertiary/aromatic N) is 2. The Bertz CT molecular complexity index is 1080. The number of sulfonamides is 1. The predicted octanol–water partition coefficient (Wildman–Crippen LogP) is 4.56. The van der Waals surface area contributed by atoms with Gasteiger partial charge in [0.15, 0.2) is 0 Å². The molecular formula is C25H28N2O3S. The molecule has 3 aromatic carbocycles. The lowest BCUT2D eigenvalue weighted by Crippen LogP contribution is -2.47. The van der Waals surface area contributed by atoms with Crippen molar-refractivity contribution in [1.29, 1.82) is 0 Å². The molecule has 1 aliphatic rings. The Morgan fingerprint density at radius 2 is 1.55 bits per heavy atom. The van der Waals surface area contributed by atoms with E-state index in [-0.39, 0.29) is 10.9 Å². The van der Waals surface area contributed by atoms with Crippen molar-refractivity contribution in [1.82, 2.24) is 4.90 Å². The molecule has 6 heteroatoms. The molecule has 5 nitrogen and oxygen atoms in total. The Hall–Kier alpha value is -2.83. The van der Waals surface area contributed by atoms with Crippen LogP contribution in [0.2, 0.25) is 0 Å². The Morgan fingerprint density at radius 1 is 0.903 bits per heavy atom. The topological polar surface area (TPSA) is 49.9 Å². The maximum atomic E-state index is 13.7. The highest BCUT2D eigenvalue weighted by atomic mass is 32.2. The fourth-order valence-corrected chi connectivity index (χ4v) is 5.89. The highest BCUT2D eigenvalue weighted by Crippen LogP contribution is 2.31. The van der Waals surface area contributed by atoms with Crippen molar-refractivity contribution in [2.75, 3.05) is 24.5 Å². The van der Waals surface area contributed by atoms with Crippen molar-refractivity contribution < 1.29 is 13.2 Å². The van der Waals surface area contributed by atoms with Crippen molar-refractivity contribution in [3.63, 3.8) is 0 Å². The number of hydrogen-bond acceptors (Lipinski definition) is 4. The van der Waals surface area contributed by atoms with Crippen LogP contribution >= 0.6 is 0 Å². The zero-order valence-corrected chi connectivity index (χ0v) is 18.5. The standard InChI is InChI=1S/C25H28N2O3S/c1-30-24-13-8-14-25(19-24)31(28,29)27(22-11-6-3-7-12-22)23-15-17-26(18-16-23)20-21-9-4-2-5-10-21/h2-14,19,23H,15-18,20H2,1H3. The first kappa shape index (κ1) is 21.4. The quantitative estimate of drug-likeness (QED) is 0.545. The van der Waals surface area contributed by atoms with E-state index in [0.717, 1.165) is 32.5 Å². The van der Waals surface area contributed by atoms with E-state index in [0.29, 0.717) is 11.4 Å². The molecule has 0 radical (unpaired) electrons. The summed E-state index contributed by atoms with van der Waals surface area (Å²) in [7, 11) is -2.18. The number of methoxy groups -OCH3 is 1. The van der Waals surface area contributed by atoms with Crippen molar-refractivity contribution in [2.45, 2.75) is 30.3 Å². The monoisotopic (exact) mass is 436 g/mol. The molecule has 0 aromatic heterocycles. The first-order chi connectivity index (χ1) is 15.1. The van der Waals surface area contributed by atoms with E-state index in [9.17, 15) is 8.42 Å². The van der Waals surface area contributed by atoms with Gasteiger partial charge in [0.1, 0.15) is 5.75 Å². The Kier molecular flexibility index (Phi) is 6.59. The lowest BCUT2D eigenvalue weighted by Gasteiger charge is -2.39. The van der Waals surface area contributed by atoms with Gasteiger partial charge in [-0.05, 0) is 42.7 Å². The van der Waals surface area contributed by atoms with Crippen LogP contribution in [0.15, 0.2) is 89.8 Å². The summed E-state index contributed by atoms with van der Waals surface area (Å²) in [6.07, 6.45) is 1.57. The molecule has 0 spiro atoms. The largest absolute Gasteiger partial charge is 0.497 e. The lowest BCUT2D eigenvalue weighted by molar-refractivity contribution is 0.206. The number of rotatable bonds is 7. The molecule has 3 aromatic rings. The molecule has 0 amide bonds. The van der Waals surface area contributed by atoms with E-state index >= 15 is 0 Å². The highest BCUT2D eigenvalue weighted by Gasteiger charge is 2.34.